The molecule has 0 spiro atoms. The molecular formula is C9H9N3O2. The van der Waals surface area contributed by atoms with Gasteiger partial charge >= 0.3 is 0 Å². The minimum absolute atomic E-state index is 0.125. The number of nitrogens with one attached hydrogen (secondary N) is 1. The number of nitrogens with zero attached hydrogens (tertiary/aromatic N) is 1. The lowest BCUT2D eigenvalue weighted by Gasteiger charge is -1.99. The van der Waals surface area contributed by atoms with E-state index in [2.05, 4.69) is 10.3 Å². The highest BCUT2D eigenvalue weighted by Gasteiger charge is 2.03. The molecule has 2 rings (SSSR count). The summed E-state index contributed by atoms with van der Waals surface area (Å²) in [5.41, 5.74) is 7.29. The summed E-state index contributed by atoms with van der Waals surface area (Å²) in [7, 11) is 0. The molecule has 0 radical (unpaired) electrons. The molecule has 14 heavy (non-hydrogen) atoms. The fourth-order valence-electron chi connectivity index (χ4n) is 1.22. The van der Waals surface area contributed by atoms with Crippen LogP contribution in [0.3, 0.4) is 0 Å². The van der Waals surface area contributed by atoms with Crippen LogP contribution in [0.5, 0.6) is 0 Å². The molecule has 0 atom stereocenters. The average molecular weight is 191 g/mol. The van der Waals surface area contributed by atoms with E-state index in [1.165, 1.54) is 6.92 Å². The highest BCUT2D eigenvalue weighted by molar-refractivity contribution is 5.91. The van der Waals surface area contributed by atoms with Crippen molar-refractivity contribution >= 4 is 28.7 Å². The maximum Gasteiger partial charge on any atom is 0.292 e. The number of anilines is 2. The molecule has 0 saturated heterocycles. The van der Waals surface area contributed by atoms with Crippen molar-refractivity contribution in [2.45, 2.75) is 6.92 Å². The van der Waals surface area contributed by atoms with Crippen molar-refractivity contribution in [2.75, 3.05) is 11.1 Å². The number of carbonyl (C=O) groups excluding carboxylic acids is 1. The minimum atomic E-state index is -0.128. The van der Waals surface area contributed by atoms with Crippen molar-refractivity contribution in [3.05, 3.63) is 18.2 Å². The lowest BCUT2D eigenvalue weighted by atomic mass is 10.3. The molecule has 1 aromatic carbocycles. The lowest BCUT2D eigenvalue weighted by molar-refractivity contribution is -0.114. The van der Waals surface area contributed by atoms with Crippen LogP contribution < -0.4 is 11.1 Å². The number of carbonyl (C=O) groups is 1. The van der Waals surface area contributed by atoms with E-state index in [9.17, 15) is 4.79 Å². The van der Waals surface area contributed by atoms with Crippen molar-refractivity contribution in [3.8, 4) is 0 Å². The Morgan fingerprint density at radius 2 is 2.36 bits per heavy atom. The summed E-state index contributed by atoms with van der Waals surface area (Å²) in [5, 5.41) is 2.64. The molecule has 5 heteroatoms. The van der Waals surface area contributed by atoms with Crippen molar-refractivity contribution in [1.82, 2.24) is 4.98 Å². The van der Waals surface area contributed by atoms with Gasteiger partial charge in [-0.3, -0.25) is 4.79 Å². The summed E-state index contributed by atoms with van der Waals surface area (Å²) in [6.07, 6.45) is 0. The molecule has 0 aliphatic carbocycles. The van der Waals surface area contributed by atoms with Gasteiger partial charge in [-0.2, -0.15) is 4.98 Å². The summed E-state index contributed by atoms with van der Waals surface area (Å²) in [6.45, 7) is 1.44. The van der Waals surface area contributed by atoms with Gasteiger partial charge in [0.2, 0.25) is 5.91 Å². The Morgan fingerprint density at radius 3 is 3.07 bits per heavy atom. The first-order chi connectivity index (χ1) is 6.65. The van der Waals surface area contributed by atoms with Crippen LogP contribution in [0.2, 0.25) is 0 Å². The third-order valence-electron chi connectivity index (χ3n) is 1.73. The first-order valence-electron chi connectivity index (χ1n) is 4.09. The van der Waals surface area contributed by atoms with Crippen LogP contribution in [-0.4, -0.2) is 10.9 Å². The van der Waals surface area contributed by atoms with Gasteiger partial charge in [-0.1, -0.05) is 0 Å². The summed E-state index contributed by atoms with van der Waals surface area (Å²) >= 11 is 0. The zero-order valence-electron chi connectivity index (χ0n) is 7.57. The lowest BCUT2D eigenvalue weighted by Crippen LogP contribution is -2.05. The van der Waals surface area contributed by atoms with Gasteiger partial charge in [0.15, 0.2) is 5.58 Å². The second kappa shape index (κ2) is 3.02. The molecule has 0 saturated carbocycles. The largest absolute Gasteiger partial charge is 0.424 e. The Hall–Kier alpha value is -2.04. The molecular weight excluding hydrogens is 182 g/mol. The fraction of sp³-hybridized carbons (Fsp3) is 0.111. The quantitative estimate of drug-likeness (QED) is 0.713. The molecule has 0 bridgehead atoms. The molecule has 72 valence electrons. The van der Waals surface area contributed by atoms with E-state index in [1.807, 2.05) is 0 Å². The standard InChI is InChI=1S/C9H9N3O2/c1-5(13)11-6-2-3-7-8(4-6)14-9(10)12-7/h2-4H,1H3,(H2,10,12)(H,11,13). The summed E-state index contributed by atoms with van der Waals surface area (Å²) in [5.74, 6) is -0.128. The Labute approximate surface area is 79.9 Å². The second-order valence-corrected chi connectivity index (χ2v) is 2.92. The maximum atomic E-state index is 10.8. The molecule has 0 aliphatic heterocycles. The van der Waals surface area contributed by atoms with Gasteiger partial charge in [-0.15, -0.1) is 0 Å². The molecule has 5 nitrogen and oxygen atoms in total. The number of hydrogen-bond acceptors (Lipinski definition) is 4. The van der Waals surface area contributed by atoms with Crippen molar-refractivity contribution in [1.29, 1.82) is 0 Å². The summed E-state index contributed by atoms with van der Waals surface area (Å²) < 4.78 is 5.11. The SMILES string of the molecule is CC(=O)Nc1ccc2nc(N)oc2c1. The molecule has 2 aromatic rings. The van der Waals surface area contributed by atoms with Crippen LogP contribution >= 0.6 is 0 Å². The summed E-state index contributed by atoms with van der Waals surface area (Å²) in [6, 6.07) is 5.28. The highest BCUT2D eigenvalue weighted by atomic mass is 16.4. The van der Waals surface area contributed by atoms with Gasteiger partial charge in [-0.25, -0.2) is 0 Å². The smallest absolute Gasteiger partial charge is 0.292 e. The Morgan fingerprint density at radius 1 is 1.57 bits per heavy atom. The first kappa shape index (κ1) is 8.55. The van der Waals surface area contributed by atoms with E-state index in [1.54, 1.807) is 18.2 Å². The molecule has 3 N–H and O–H groups in total. The van der Waals surface area contributed by atoms with Crippen LogP contribution in [0.4, 0.5) is 11.7 Å². The molecule has 0 aliphatic rings. The van der Waals surface area contributed by atoms with Gasteiger partial charge in [0.25, 0.3) is 6.01 Å². The zero-order chi connectivity index (χ0) is 10.1. The van der Waals surface area contributed by atoms with Gasteiger partial charge in [0.1, 0.15) is 5.52 Å². The van der Waals surface area contributed by atoms with Crippen LogP contribution in [0.1, 0.15) is 6.92 Å². The molecule has 1 aromatic heterocycles. The van der Waals surface area contributed by atoms with Crippen LogP contribution in [0.15, 0.2) is 22.6 Å². The predicted molar refractivity (Wildman–Crippen MR) is 52.7 cm³/mol. The normalized spacial score (nSPS) is 10.4. The number of nitrogens with two attached hydrogens (primary N) is 1. The van der Waals surface area contributed by atoms with E-state index < -0.39 is 0 Å². The van der Waals surface area contributed by atoms with Crippen molar-refractivity contribution in [3.63, 3.8) is 0 Å². The van der Waals surface area contributed by atoms with Gasteiger partial charge in [-0.05, 0) is 12.1 Å². The number of oxazole rings is 1. The second-order valence-electron chi connectivity index (χ2n) is 2.92. The monoisotopic (exact) mass is 191 g/mol. The molecule has 0 unspecified atom stereocenters. The first-order valence-corrected chi connectivity index (χ1v) is 4.09. The Bertz CT molecular complexity index is 490. The van der Waals surface area contributed by atoms with E-state index in [0.29, 0.717) is 16.8 Å². The van der Waals surface area contributed by atoms with Gasteiger partial charge < -0.3 is 15.5 Å². The number of aromatic nitrogens is 1. The van der Waals surface area contributed by atoms with E-state index in [0.717, 1.165) is 0 Å². The minimum Gasteiger partial charge on any atom is -0.424 e. The number of benzene rings is 1. The van der Waals surface area contributed by atoms with Crippen molar-refractivity contribution in [2.24, 2.45) is 0 Å². The number of fused-ring (bicyclic) bond motifs is 1. The Kier molecular flexibility index (Phi) is 1.85. The van der Waals surface area contributed by atoms with E-state index in [-0.39, 0.29) is 11.9 Å². The molecule has 1 heterocycles. The fourth-order valence-corrected chi connectivity index (χ4v) is 1.22. The van der Waals surface area contributed by atoms with E-state index >= 15 is 0 Å². The Balaban J connectivity index is 2.45. The number of nitrogen functional groups attached to an aromatic ring is 1. The average Bonchev–Trinajstić information content (AvgIpc) is 2.42. The maximum absolute atomic E-state index is 10.8. The third-order valence-corrected chi connectivity index (χ3v) is 1.73. The third kappa shape index (κ3) is 1.52. The van der Waals surface area contributed by atoms with Crippen LogP contribution in [0.25, 0.3) is 11.1 Å². The number of rotatable bonds is 1. The summed E-state index contributed by atoms with van der Waals surface area (Å²) in [4.78, 5) is 14.7. The zero-order valence-corrected chi connectivity index (χ0v) is 7.57. The van der Waals surface area contributed by atoms with Crippen molar-refractivity contribution < 1.29 is 9.21 Å². The number of hydrogen-bond donors (Lipinski definition) is 2. The van der Waals surface area contributed by atoms with Crippen LogP contribution in [0, 0.1) is 0 Å². The highest BCUT2D eigenvalue weighted by Crippen LogP contribution is 2.20. The van der Waals surface area contributed by atoms with Gasteiger partial charge in [0.05, 0.1) is 0 Å². The van der Waals surface area contributed by atoms with E-state index in [4.69, 9.17) is 10.2 Å². The number of amides is 1. The molecule has 0 fully saturated rings. The van der Waals surface area contributed by atoms with Gasteiger partial charge in [0, 0.05) is 18.7 Å². The topological polar surface area (TPSA) is 81.2 Å². The predicted octanol–water partition coefficient (Wildman–Crippen LogP) is 1.37. The van der Waals surface area contributed by atoms with Crippen LogP contribution in [-0.2, 0) is 4.79 Å². The molecule has 1 amide bonds.